The molecular formula is C35H29BrF6N2O5. The van der Waals surface area contributed by atoms with Gasteiger partial charge in [0.15, 0.2) is 0 Å². The summed E-state index contributed by atoms with van der Waals surface area (Å²) in [5.41, 5.74) is -0.571. The van der Waals surface area contributed by atoms with Crippen molar-refractivity contribution in [2.75, 3.05) is 25.2 Å². The van der Waals surface area contributed by atoms with Gasteiger partial charge in [-0.05, 0) is 90.6 Å². The lowest BCUT2D eigenvalue weighted by Crippen LogP contribution is -2.35. The van der Waals surface area contributed by atoms with Crippen LogP contribution in [-0.4, -0.2) is 48.3 Å². The van der Waals surface area contributed by atoms with Crippen LogP contribution in [-0.2, 0) is 31.4 Å². The standard InChI is InChI=1S/C35H29BrF6N2O5/c1-48-16-20-12-25-31(33(47)44(32(25)46)24-14-21(34(37,38)39)13-22(15-24)35(40,41)42)26-17-49-29(30(20)26)8-5-18(27-4-2-3-9-43-27)10-19-11-23(36)6-7-28(19)45/h2-4,6-7,9-11,13-15,25-26,29,31,45H,5,8,12,16-17H2,1H3/b18-10-/t25-,26+,29-,31-/m1/s1. The minimum absolute atomic E-state index is 0.0205. The number of allylic oxidation sites excluding steroid dienone is 1. The first-order valence-corrected chi connectivity index (χ1v) is 16.1. The van der Waals surface area contributed by atoms with Crippen LogP contribution in [0, 0.1) is 17.8 Å². The first-order valence-electron chi connectivity index (χ1n) is 15.3. The van der Waals surface area contributed by atoms with Crippen molar-refractivity contribution in [3.63, 3.8) is 0 Å². The minimum Gasteiger partial charge on any atom is -0.507 e. The van der Waals surface area contributed by atoms with Gasteiger partial charge in [-0.1, -0.05) is 22.0 Å². The summed E-state index contributed by atoms with van der Waals surface area (Å²) in [6.45, 7) is 0.111. The van der Waals surface area contributed by atoms with Crippen LogP contribution < -0.4 is 4.90 Å². The van der Waals surface area contributed by atoms with Crippen LogP contribution in [0.15, 0.2) is 76.4 Å². The van der Waals surface area contributed by atoms with Gasteiger partial charge in [0.05, 0.1) is 53.7 Å². The quantitative estimate of drug-likeness (QED) is 0.142. The molecule has 0 saturated carbocycles. The van der Waals surface area contributed by atoms with Gasteiger partial charge in [0.1, 0.15) is 5.75 Å². The largest absolute Gasteiger partial charge is 0.507 e. The molecule has 7 nitrogen and oxygen atoms in total. The van der Waals surface area contributed by atoms with Crippen molar-refractivity contribution in [1.29, 1.82) is 0 Å². The van der Waals surface area contributed by atoms with E-state index in [4.69, 9.17) is 9.47 Å². The van der Waals surface area contributed by atoms with Crippen molar-refractivity contribution in [3.05, 3.63) is 98.8 Å². The van der Waals surface area contributed by atoms with Crippen LogP contribution in [0.5, 0.6) is 5.75 Å². The molecule has 6 rings (SSSR count). The van der Waals surface area contributed by atoms with E-state index < -0.39 is 64.8 Å². The lowest BCUT2D eigenvalue weighted by molar-refractivity contribution is -0.143. The number of hydrogen-bond donors (Lipinski definition) is 1. The Balaban J connectivity index is 1.32. The lowest BCUT2D eigenvalue weighted by Gasteiger charge is -2.31. The second kappa shape index (κ2) is 13.4. The number of halogens is 7. The van der Waals surface area contributed by atoms with Gasteiger partial charge in [-0.3, -0.25) is 14.6 Å². The third kappa shape index (κ3) is 6.90. The highest BCUT2D eigenvalue weighted by atomic mass is 79.9. The molecule has 0 unspecified atom stereocenters. The number of rotatable bonds is 8. The highest BCUT2D eigenvalue weighted by molar-refractivity contribution is 9.10. The van der Waals surface area contributed by atoms with Crippen molar-refractivity contribution >= 4 is 45.1 Å². The van der Waals surface area contributed by atoms with E-state index in [1.807, 2.05) is 18.2 Å². The number of aromatic nitrogens is 1. The topological polar surface area (TPSA) is 89.0 Å². The van der Waals surface area contributed by atoms with Gasteiger partial charge in [0.2, 0.25) is 11.8 Å². The average Bonchev–Trinajstić information content (AvgIpc) is 3.58. The summed E-state index contributed by atoms with van der Waals surface area (Å²) in [6.07, 6.45) is -6.52. The number of alkyl halides is 6. The Kier molecular flexibility index (Phi) is 9.50. The predicted octanol–water partition coefficient (Wildman–Crippen LogP) is 8.08. The van der Waals surface area contributed by atoms with Gasteiger partial charge < -0.3 is 14.6 Å². The molecule has 3 aliphatic rings. The van der Waals surface area contributed by atoms with E-state index in [0.717, 1.165) is 15.6 Å². The molecule has 2 fully saturated rings. The van der Waals surface area contributed by atoms with Crippen LogP contribution in [0.25, 0.3) is 11.6 Å². The zero-order valence-electron chi connectivity index (χ0n) is 25.8. The monoisotopic (exact) mass is 750 g/mol. The Morgan fingerprint density at radius 1 is 1.02 bits per heavy atom. The molecule has 49 heavy (non-hydrogen) atoms. The molecule has 1 aromatic heterocycles. The number of aromatic hydroxyl groups is 1. The maximum atomic E-state index is 13.9. The highest BCUT2D eigenvalue weighted by Crippen LogP contribution is 2.51. The molecule has 2 aromatic carbocycles. The number of methoxy groups -OCH3 is 1. The van der Waals surface area contributed by atoms with Gasteiger partial charge >= 0.3 is 12.4 Å². The van der Waals surface area contributed by atoms with Gasteiger partial charge in [0.25, 0.3) is 0 Å². The molecule has 3 aromatic rings. The maximum absolute atomic E-state index is 13.9. The molecule has 1 N–H and O–H groups in total. The molecule has 3 heterocycles. The SMILES string of the molecule is COCC1=C2[C@@H](CC/C(=C/c3cc(Br)ccc3O)c3ccccn3)OC[C@@H]2[C@@H]2C(=O)N(c3cc(C(F)(F)F)cc(C(F)(F)F)c3)C(=O)[C@@H]2C1. The second-order valence-electron chi connectivity index (χ2n) is 12.2. The molecule has 0 bridgehead atoms. The van der Waals surface area contributed by atoms with Crippen LogP contribution in [0.3, 0.4) is 0 Å². The Labute approximate surface area is 285 Å². The number of anilines is 1. The average molecular weight is 752 g/mol. The smallest absolute Gasteiger partial charge is 0.416 e. The molecule has 2 aliphatic heterocycles. The molecule has 4 atom stereocenters. The fourth-order valence-electron chi connectivity index (χ4n) is 7.04. The Hall–Kier alpha value is -4.01. The van der Waals surface area contributed by atoms with Gasteiger partial charge in [-0.25, -0.2) is 4.90 Å². The van der Waals surface area contributed by atoms with Crippen LogP contribution in [0.1, 0.15) is 41.6 Å². The van der Waals surface area contributed by atoms with Gasteiger partial charge in [-0.15, -0.1) is 0 Å². The summed E-state index contributed by atoms with van der Waals surface area (Å²) >= 11 is 3.42. The number of amides is 2. The molecule has 0 spiro atoms. The Morgan fingerprint density at radius 2 is 1.73 bits per heavy atom. The fourth-order valence-corrected chi connectivity index (χ4v) is 7.42. The first kappa shape index (κ1) is 34.8. The summed E-state index contributed by atoms with van der Waals surface area (Å²) in [5, 5.41) is 10.5. The van der Waals surface area contributed by atoms with Crippen molar-refractivity contribution in [2.45, 2.75) is 37.7 Å². The van der Waals surface area contributed by atoms with Crippen molar-refractivity contribution in [1.82, 2.24) is 4.98 Å². The number of benzene rings is 2. The Morgan fingerprint density at radius 3 is 2.37 bits per heavy atom. The van der Waals surface area contributed by atoms with Gasteiger partial charge in [-0.2, -0.15) is 26.3 Å². The lowest BCUT2D eigenvalue weighted by atomic mass is 9.69. The minimum atomic E-state index is -5.15. The molecule has 0 radical (unpaired) electrons. The van der Waals surface area contributed by atoms with E-state index in [2.05, 4.69) is 20.9 Å². The summed E-state index contributed by atoms with van der Waals surface area (Å²) in [4.78, 5) is 32.5. The number of fused-ring (bicyclic) bond motifs is 3. The second-order valence-corrected chi connectivity index (χ2v) is 13.1. The zero-order valence-corrected chi connectivity index (χ0v) is 27.4. The number of carbonyl (C=O) groups is 2. The summed E-state index contributed by atoms with van der Waals surface area (Å²) in [5.74, 6) is -4.37. The number of pyridine rings is 1. The number of nitrogens with zero attached hydrogens (tertiary/aromatic N) is 2. The van der Waals surface area contributed by atoms with E-state index in [0.29, 0.717) is 46.7 Å². The maximum Gasteiger partial charge on any atom is 0.416 e. The summed E-state index contributed by atoms with van der Waals surface area (Å²) in [6, 6.07) is 11.2. The van der Waals surface area contributed by atoms with Crippen molar-refractivity contribution < 1.29 is 50.5 Å². The van der Waals surface area contributed by atoms with Crippen molar-refractivity contribution in [2.24, 2.45) is 17.8 Å². The fraction of sp³-hybridized carbons (Fsp3) is 0.343. The van der Waals surface area contributed by atoms with E-state index in [9.17, 15) is 41.0 Å². The predicted molar refractivity (Wildman–Crippen MR) is 170 cm³/mol. The summed E-state index contributed by atoms with van der Waals surface area (Å²) < 4.78 is 94.3. The summed E-state index contributed by atoms with van der Waals surface area (Å²) in [7, 11) is 1.46. The van der Waals surface area contributed by atoms with Gasteiger partial charge in [0, 0.05) is 29.3 Å². The number of ether oxygens (including phenoxy) is 2. The van der Waals surface area contributed by atoms with Crippen LogP contribution in [0.4, 0.5) is 32.0 Å². The number of phenols is 1. The number of phenolic OH excluding ortho intramolecular Hbond substituents is 1. The normalized spacial score (nSPS) is 22.9. The van der Waals surface area contributed by atoms with E-state index in [1.54, 1.807) is 30.5 Å². The Bertz CT molecular complexity index is 1810. The number of imide groups is 1. The number of carbonyl (C=O) groups excluding carboxylic acids is 2. The molecule has 258 valence electrons. The molecule has 2 amide bonds. The molecule has 2 saturated heterocycles. The first-order chi connectivity index (χ1) is 23.2. The zero-order chi connectivity index (χ0) is 35.2. The van der Waals surface area contributed by atoms with Crippen molar-refractivity contribution in [3.8, 4) is 5.75 Å². The van der Waals surface area contributed by atoms with E-state index >= 15 is 0 Å². The molecule has 1 aliphatic carbocycles. The highest BCUT2D eigenvalue weighted by Gasteiger charge is 2.57. The third-order valence-electron chi connectivity index (χ3n) is 9.15. The van der Waals surface area contributed by atoms with E-state index in [-0.39, 0.29) is 31.5 Å². The van der Waals surface area contributed by atoms with Crippen LogP contribution >= 0.6 is 15.9 Å². The third-order valence-corrected chi connectivity index (χ3v) is 9.64. The molecule has 14 heteroatoms. The van der Waals surface area contributed by atoms with E-state index in [1.165, 1.54) is 7.11 Å². The van der Waals surface area contributed by atoms with Crippen LogP contribution in [0.2, 0.25) is 0 Å². The number of hydrogen-bond acceptors (Lipinski definition) is 6. The molecular weight excluding hydrogens is 722 g/mol.